The van der Waals surface area contributed by atoms with Crippen molar-refractivity contribution < 1.29 is 14.3 Å². The SMILES string of the molecule is COc1cccc(-c2ccc(C3NC(=O)N=C(C)C3C(=O)Nc3ccc4[nH]ncc4c3)cc2)c1. The number of hydrogen-bond donors (Lipinski definition) is 3. The number of aliphatic imine (C=N–C) groups is 1. The number of methoxy groups -OCH3 is 1. The molecule has 5 rings (SSSR count). The number of nitrogens with zero attached hydrogens (tertiary/aromatic N) is 2. The maximum Gasteiger partial charge on any atom is 0.341 e. The van der Waals surface area contributed by atoms with Gasteiger partial charge in [0.25, 0.3) is 0 Å². The molecule has 170 valence electrons. The largest absolute Gasteiger partial charge is 0.497 e. The smallest absolute Gasteiger partial charge is 0.341 e. The van der Waals surface area contributed by atoms with Crippen LogP contribution >= 0.6 is 0 Å². The fourth-order valence-electron chi connectivity index (χ4n) is 4.26. The fourth-order valence-corrected chi connectivity index (χ4v) is 4.26. The van der Waals surface area contributed by atoms with Gasteiger partial charge in [-0.2, -0.15) is 5.10 Å². The minimum absolute atomic E-state index is 0.244. The van der Waals surface area contributed by atoms with Crippen molar-refractivity contribution in [3.8, 4) is 16.9 Å². The Kier molecular flexibility index (Phi) is 5.55. The number of carbonyl (C=O) groups excluding carboxylic acids is 2. The minimum Gasteiger partial charge on any atom is -0.497 e. The second kappa shape index (κ2) is 8.82. The second-order valence-corrected chi connectivity index (χ2v) is 8.17. The van der Waals surface area contributed by atoms with Crippen LogP contribution in [0, 0.1) is 5.92 Å². The van der Waals surface area contributed by atoms with Crippen molar-refractivity contribution in [3.05, 3.63) is 78.5 Å². The van der Waals surface area contributed by atoms with Gasteiger partial charge in [0, 0.05) is 16.8 Å². The monoisotopic (exact) mass is 453 g/mol. The number of fused-ring (bicyclic) bond motifs is 1. The number of hydrogen-bond acceptors (Lipinski definition) is 4. The summed E-state index contributed by atoms with van der Waals surface area (Å²) in [5.41, 5.74) is 4.84. The van der Waals surface area contributed by atoms with Crippen molar-refractivity contribution in [2.45, 2.75) is 13.0 Å². The highest BCUT2D eigenvalue weighted by Crippen LogP contribution is 2.31. The molecule has 8 heteroatoms. The molecule has 8 nitrogen and oxygen atoms in total. The summed E-state index contributed by atoms with van der Waals surface area (Å²) in [5, 5.41) is 13.6. The van der Waals surface area contributed by atoms with E-state index >= 15 is 0 Å². The van der Waals surface area contributed by atoms with E-state index in [-0.39, 0.29) is 5.91 Å². The van der Waals surface area contributed by atoms with Gasteiger partial charge >= 0.3 is 6.03 Å². The van der Waals surface area contributed by atoms with E-state index in [0.717, 1.165) is 33.3 Å². The van der Waals surface area contributed by atoms with Crippen LogP contribution in [0.2, 0.25) is 0 Å². The molecule has 0 bridgehead atoms. The molecular formula is C26H23N5O3. The molecule has 0 radical (unpaired) electrons. The predicted molar refractivity (Wildman–Crippen MR) is 131 cm³/mol. The van der Waals surface area contributed by atoms with E-state index in [2.05, 4.69) is 25.8 Å². The zero-order valence-corrected chi connectivity index (χ0v) is 18.7. The Balaban J connectivity index is 1.42. The first-order valence-corrected chi connectivity index (χ1v) is 10.9. The third-order valence-corrected chi connectivity index (χ3v) is 6.00. The first-order valence-electron chi connectivity index (χ1n) is 10.9. The zero-order valence-electron chi connectivity index (χ0n) is 18.7. The number of nitrogens with one attached hydrogen (secondary N) is 3. The lowest BCUT2D eigenvalue weighted by Crippen LogP contribution is -2.45. The van der Waals surface area contributed by atoms with E-state index in [1.54, 1.807) is 20.2 Å². The van der Waals surface area contributed by atoms with Crippen LogP contribution in [0.25, 0.3) is 22.0 Å². The number of aromatic amines is 1. The molecule has 1 aliphatic heterocycles. The molecule has 0 saturated heterocycles. The highest BCUT2D eigenvalue weighted by Gasteiger charge is 2.36. The summed E-state index contributed by atoms with van der Waals surface area (Å²) in [7, 11) is 1.64. The summed E-state index contributed by atoms with van der Waals surface area (Å²) in [5.74, 6) is -0.121. The van der Waals surface area contributed by atoms with E-state index in [1.807, 2.05) is 66.7 Å². The van der Waals surface area contributed by atoms with Gasteiger partial charge in [-0.15, -0.1) is 0 Å². The summed E-state index contributed by atoms with van der Waals surface area (Å²) in [6.07, 6.45) is 1.70. The molecule has 0 saturated carbocycles. The molecule has 0 spiro atoms. The molecule has 0 aliphatic carbocycles. The first kappa shape index (κ1) is 21.4. The second-order valence-electron chi connectivity index (χ2n) is 8.17. The van der Waals surface area contributed by atoms with Crippen LogP contribution in [0.3, 0.4) is 0 Å². The number of amides is 3. The number of benzene rings is 3. The molecule has 1 aliphatic rings. The van der Waals surface area contributed by atoms with Gasteiger partial charge in [-0.1, -0.05) is 36.4 Å². The molecule has 34 heavy (non-hydrogen) atoms. The molecule has 4 aromatic rings. The van der Waals surface area contributed by atoms with Gasteiger partial charge in [0.05, 0.1) is 24.9 Å². The molecule has 3 aromatic carbocycles. The van der Waals surface area contributed by atoms with E-state index in [9.17, 15) is 9.59 Å². The van der Waals surface area contributed by atoms with Crippen molar-refractivity contribution in [3.63, 3.8) is 0 Å². The Hall–Kier alpha value is -4.46. The summed E-state index contributed by atoms with van der Waals surface area (Å²) < 4.78 is 5.32. The summed E-state index contributed by atoms with van der Waals surface area (Å²) >= 11 is 0. The lowest BCUT2D eigenvalue weighted by molar-refractivity contribution is -0.118. The van der Waals surface area contributed by atoms with Gasteiger partial charge < -0.3 is 15.4 Å². The molecule has 2 unspecified atom stereocenters. The summed E-state index contributed by atoms with van der Waals surface area (Å²) in [6, 6.07) is 20.1. The van der Waals surface area contributed by atoms with Crippen LogP contribution in [0.1, 0.15) is 18.5 Å². The van der Waals surface area contributed by atoms with Crippen LogP contribution in [-0.4, -0.2) is 35.0 Å². The number of H-pyrrole nitrogens is 1. The maximum absolute atomic E-state index is 13.3. The van der Waals surface area contributed by atoms with Crippen molar-refractivity contribution in [2.24, 2.45) is 10.9 Å². The lowest BCUT2D eigenvalue weighted by Gasteiger charge is -2.30. The number of rotatable bonds is 5. The van der Waals surface area contributed by atoms with Crippen LogP contribution in [0.15, 0.2) is 77.9 Å². The predicted octanol–water partition coefficient (Wildman–Crippen LogP) is 4.72. The Bertz CT molecular complexity index is 1410. The zero-order chi connectivity index (χ0) is 23.7. The van der Waals surface area contributed by atoms with Gasteiger partial charge in [-0.3, -0.25) is 9.89 Å². The molecule has 1 aromatic heterocycles. The Morgan fingerprint density at radius 2 is 1.85 bits per heavy atom. The molecule has 3 amide bonds. The van der Waals surface area contributed by atoms with Gasteiger partial charge in [0.1, 0.15) is 11.7 Å². The van der Waals surface area contributed by atoms with Crippen molar-refractivity contribution in [1.82, 2.24) is 15.5 Å². The number of anilines is 1. The van der Waals surface area contributed by atoms with E-state index in [1.165, 1.54) is 0 Å². The quantitative estimate of drug-likeness (QED) is 0.406. The number of aromatic nitrogens is 2. The molecule has 2 atom stereocenters. The lowest BCUT2D eigenvalue weighted by atomic mass is 9.86. The molecule has 2 heterocycles. The highest BCUT2D eigenvalue weighted by atomic mass is 16.5. The van der Waals surface area contributed by atoms with Crippen LogP contribution in [0.5, 0.6) is 5.75 Å². The highest BCUT2D eigenvalue weighted by molar-refractivity contribution is 6.13. The van der Waals surface area contributed by atoms with Crippen molar-refractivity contribution in [1.29, 1.82) is 0 Å². The number of urea groups is 1. The third-order valence-electron chi connectivity index (χ3n) is 6.00. The minimum atomic E-state index is -0.652. The van der Waals surface area contributed by atoms with E-state index in [0.29, 0.717) is 11.4 Å². The average Bonchev–Trinajstić information content (AvgIpc) is 3.31. The summed E-state index contributed by atoms with van der Waals surface area (Å²) in [6.45, 7) is 1.71. The van der Waals surface area contributed by atoms with Gasteiger partial charge in [-0.25, -0.2) is 9.79 Å². The van der Waals surface area contributed by atoms with Crippen LogP contribution in [0.4, 0.5) is 10.5 Å². The fraction of sp³-hybridized carbons (Fsp3) is 0.154. The topological polar surface area (TPSA) is 108 Å². The Morgan fingerprint density at radius 1 is 1.03 bits per heavy atom. The number of ether oxygens (including phenoxy) is 1. The van der Waals surface area contributed by atoms with Crippen LogP contribution < -0.4 is 15.4 Å². The van der Waals surface area contributed by atoms with Gasteiger partial charge in [0.2, 0.25) is 5.91 Å². The average molecular weight is 454 g/mol. The maximum atomic E-state index is 13.3. The van der Waals surface area contributed by atoms with Crippen molar-refractivity contribution >= 4 is 34.2 Å². The normalized spacial score (nSPS) is 17.7. The molecular weight excluding hydrogens is 430 g/mol. The molecule has 0 fully saturated rings. The third kappa shape index (κ3) is 4.13. The standard InChI is InChI=1S/C26H23N5O3/c1-15-23(25(32)29-20-10-11-22-19(12-20)14-27-31-22)24(30-26(33)28-15)17-8-6-16(7-9-17)18-4-3-5-21(13-18)34-2/h3-14,23-24H,1-2H3,(H,27,31)(H,29,32)(H,30,33). The van der Waals surface area contributed by atoms with Crippen LogP contribution in [-0.2, 0) is 4.79 Å². The Morgan fingerprint density at radius 3 is 2.65 bits per heavy atom. The molecule has 3 N–H and O–H groups in total. The Labute approximate surface area is 196 Å². The summed E-state index contributed by atoms with van der Waals surface area (Å²) in [4.78, 5) is 29.5. The number of carbonyl (C=O) groups is 2. The first-order chi connectivity index (χ1) is 16.5. The van der Waals surface area contributed by atoms with E-state index in [4.69, 9.17) is 4.74 Å². The van der Waals surface area contributed by atoms with E-state index < -0.39 is 18.0 Å². The van der Waals surface area contributed by atoms with Gasteiger partial charge in [-0.05, 0) is 53.9 Å². The van der Waals surface area contributed by atoms with Gasteiger partial charge in [0.15, 0.2) is 0 Å². The van der Waals surface area contributed by atoms with Crippen molar-refractivity contribution in [2.75, 3.05) is 12.4 Å².